The topological polar surface area (TPSA) is 100 Å². The van der Waals surface area contributed by atoms with Gasteiger partial charge in [0, 0.05) is 5.56 Å². The summed E-state index contributed by atoms with van der Waals surface area (Å²) in [6.07, 6.45) is 0. The van der Waals surface area contributed by atoms with E-state index < -0.39 is 23.9 Å². The van der Waals surface area contributed by atoms with Crippen molar-refractivity contribution in [2.45, 2.75) is 19.9 Å². The molecule has 0 saturated heterocycles. The van der Waals surface area contributed by atoms with Crippen LogP contribution in [-0.4, -0.2) is 43.9 Å². The molecule has 0 atom stereocenters. The van der Waals surface area contributed by atoms with Gasteiger partial charge in [0.15, 0.2) is 11.5 Å². The van der Waals surface area contributed by atoms with Crippen LogP contribution < -0.4 is 14.8 Å². The number of fused-ring (bicyclic) bond motifs is 1. The summed E-state index contributed by atoms with van der Waals surface area (Å²) >= 11 is 0. The zero-order chi connectivity index (χ0) is 16.8. The van der Waals surface area contributed by atoms with Gasteiger partial charge in [0.05, 0.1) is 13.2 Å². The van der Waals surface area contributed by atoms with Gasteiger partial charge >= 0.3 is 11.9 Å². The molecule has 0 aliphatic carbocycles. The highest BCUT2D eigenvalue weighted by molar-refractivity contribution is 6.05. The largest absolute Gasteiger partial charge is 0.464 e. The van der Waals surface area contributed by atoms with E-state index >= 15 is 0 Å². The average Bonchev–Trinajstić information content (AvgIpc) is 3.00. The summed E-state index contributed by atoms with van der Waals surface area (Å²) in [5, 5.41) is 2.31. The summed E-state index contributed by atoms with van der Waals surface area (Å²) in [6, 6.07) is 3.01. The van der Waals surface area contributed by atoms with Gasteiger partial charge in [-0.2, -0.15) is 0 Å². The van der Waals surface area contributed by atoms with Crippen LogP contribution in [0.5, 0.6) is 11.5 Å². The summed E-state index contributed by atoms with van der Waals surface area (Å²) < 4.78 is 19.9. The molecule has 1 amide bonds. The summed E-state index contributed by atoms with van der Waals surface area (Å²) in [7, 11) is 0. The van der Waals surface area contributed by atoms with E-state index in [1.807, 2.05) is 0 Å². The maximum atomic E-state index is 12.2. The zero-order valence-electron chi connectivity index (χ0n) is 12.8. The normalized spacial score (nSPS) is 12.0. The minimum absolute atomic E-state index is 0.0780. The highest BCUT2D eigenvalue weighted by Crippen LogP contribution is 2.32. The summed E-state index contributed by atoms with van der Waals surface area (Å²) in [4.78, 5) is 35.9. The fourth-order valence-electron chi connectivity index (χ4n) is 1.92. The lowest BCUT2D eigenvalue weighted by molar-refractivity contribution is -0.157. The van der Waals surface area contributed by atoms with Crippen LogP contribution in [0.1, 0.15) is 24.2 Å². The first-order valence-electron chi connectivity index (χ1n) is 7.10. The summed E-state index contributed by atoms with van der Waals surface area (Å²) in [5.41, 5.74) is 0.216. The number of ether oxygens (including phenoxy) is 4. The number of amides is 1. The van der Waals surface area contributed by atoms with E-state index in [4.69, 9.17) is 18.9 Å². The SMILES string of the molecule is CCOC(=O)C(NC(=O)c1ccc2c(c1)OCO2)C(=O)OCC. The minimum atomic E-state index is -1.52. The van der Waals surface area contributed by atoms with E-state index in [1.165, 1.54) is 12.1 Å². The number of carbonyl (C=O) groups is 3. The number of esters is 2. The lowest BCUT2D eigenvalue weighted by Crippen LogP contribution is -2.48. The predicted octanol–water partition coefficient (Wildman–Crippen LogP) is 0.640. The van der Waals surface area contributed by atoms with Crippen LogP contribution in [0.15, 0.2) is 18.2 Å². The van der Waals surface area contributed by atoms with Crippen LogP contribution in [0, 0.1) is 0 Å². The molecule has 0 spiro atoms. The molecule has 0 aromatic heterocycles. The third kappa shape index (κ3) is 3.91. The second-order valence-electron chi connectivity index (χ2n) is 4.48. The number of hydrogen-bond acceptors (Lipinski definition) is 7. The fraction of sp³-hybridized carbons (Fsp3) is 0.400. The van der Waals surface area contributed by atoms with Gasteiger partial charge in [0.2, 0.25) is 12.8 Å². The molecule has 1 aliphatic rings. The Bertz CT molecular complexity index is 596. The Kier molecular flexibility index (Phi) is 5.40. The molecule has 1 aromatic carbocycles. The van der Waals surface area contributed by atoms with Crippen LogP contribution in [0.3, 0.4) is 0 Å². The molecule has 0 fully saturated rings. The first kappa shape index (κ1) is 16.6. The van der Waals surface area contributed by atoms with Gasteiger partial charge in [0.1, 0.15) is 0 Å². The number of hydrogen-bond donors (Lipinski definition) is 1. The van der Waals surface area contributed by atoms with Crippen molar-refractivity contribution in [3.63, 3.8) is 0 Å². The van der Waals surface area contributed by atoms with Crippen LogP contribution in [-0.2, 0) is 19.1 Å². The lowest BCUT2D eigenvalue weighted by atomic mass is 10.1. The number of nitrogens with one attached hydrogen (secondary N) is 1. The first-order valence-corrected chi connectivity index (χ1v) is 7.10. The third-order valence-electron chi connectivity index (χ3n) is 2.95. The van der Waals surface area contributed by atoms with Gasteiger partial charge in [-0.3, -0.25) is 4.79 Å². The molecule has 0 saturated carbocycles. The summed E-state index contributed by atoms with van der Waals surface area (Å²) in [6.45, 7) is 3.43. The molecule has 2 rings (SSSR count). The van der Waals surface area contributed by atoms with E-state index in [1.54, 1.807) is 19.9 Å². The Morgan fingerprint density at radius 1 is 1.09 bits per heavy atom. The highest BCUT2D eigenvalue weighted by Gasteiger charge is 2.32. The van der Waals surface area contributed by atoms with Crippen molar-refractivity contribution in [1.29, 1.82) is 0 Å². The molecular weight excluding hydrogens is 306 g/mol. The minimum Gasteiger partial charge on any atom is -0.464 e. The molecule has 1 aromatic rings. The van der Waals surface area contributed by atoms with Gasteiger partial charge in [-0.1, -0.05) is 0 Å². The Morgan fingerprint density at radius 2 is 1.70 bits per heavy atom. The van der Waals surface area contributed by atoms with E-state index in [-0.39, 0.29) is 25.6 Å². The van der Waals surface area contributed by atoms with Gasteiger partial charge in [-0.25, -0.2) is 9.59 Å². The maximum absolute atomic E-state index is 12.2. The standard InChI is InChI=1S/C15H17NO7/c1-3-20-14(18)12(15(19)21-4-2)16-13(17)9-5-6-10-11(7-9)23-8-22-10/h5-7,12H,3-4,8H2,1-2H3,(H,16,17). The molecule has 23 heavy (non-hydrogen) atoms. The molecule has 1 aliphatic heterocycles. The quantitative estimate of drug-likeness (QED) is 0.605. The van der Waals surface area contributed by atoms with Gasteiger partial charge in [-0.15, -0.1) is 0 Å². The van der Waals surface area contributed by atoms with Crippen molar-refractivity contribution in [3.05, 3.63) is 23.8 Å². The van der Waals surface area contributed by atoms with Crippen LogP contribution in [0.4, 0.5) is 0 Å². The number of rotatable bonds is 6. The van der Waals surface area contributed by atoms with Crippen molar-refractivity contribution in [3.8, 4) is 11.5 Å². The summed E-state index contributed by atoms with van der Waals surface area (Å²) in [5.74, 6) is -1.44. The monoisotopic (exact) mass is 323 g/mol. The van der Waals surface area contributed by atoms with Gasteiger partial charge < -0.3 is 24.3 Å². The first-order chi connectivity index (χ1) is 11.1. The molecule has 8 heteroatoms. The Morgan fingerprint density at radius 3 is 2.30 bits per heavy atom. The van der Waals surface area contributed by atoms with E-state index in [2.05, 4.69) is 5.32 Å². The second kappa shape index (κ2) is 7.48. The van der Waals surface area contributed by atoms with Crippen molar-refractivity contribution in [2.24, 2.45) is 0 Å². The third-order valence-corrected chi connectivity index (χ3v) is 2.95. The molecule has 0 unspecified atom stereocenters. The van der Waals surface area contributed by atoms with E-state index in [0.29, 0.717) is 11.5 Å². The van der Waals surface area contributed by atoms with Crippen LogP contribution in [0.2, 0.25) is 0 Å². The lowest BCUT2D eigenvalue weighted by Gasteiger charge is -2.16. The second-order valence-corrected chi connectivity index (χ2v) is 4.48. The smallest absolute Gasteiger partial charge is 0.340 e. The molecular formula is C15H17NO7. The predicted molar refractivity (Wildman–Crippen MR) is 77.1 cm³/mol. The zero-order valence-corrected chi connectivity index (χ0v) is 12.8. The molecule has 0 bridgehead atoms. The van der Waals surface area contributed by atoms with Crippen molar-refractivity contribution >= 4 is 17.8 Å². The Balaban J connectivity index is 2.13. The van der Waals surface area contributed by atoms with Crippen LogP contribution >= 0.6 is 0 Å². The van der Waals surface area contributed by atoms with Crippen molar-refractivity contribution < 1.29 is 33.3 Å². The number of carbonyl (C=O) groups excluding carboxylic acids is 3. The maximum Gasteiger partial charge on any atom is 0.340 e. The Hall–Kier alpha value is -2.77. The molecule has 0 radical (unpaired) electrons. The van der Waals surface area contributed by atoms with E-state index in [0.717, 1.165) is 0 Å². The Labute approximate surface area is 132 Å². The van der Waals surface area contributed by atoms with Crippen molar-refractivity contribution in [1.82, 2.24) is 5.32 Å². The number of benzene rings is 1. The molecule has 1 N–H and O–H groups in total. The average molecular weight is 323 g/mol. The van der Waals surface area contributed by atoms with Crippen molar-refractivity contribution in [2.75, 3.05) is 20.0 Å². The highest BCUT2D eigenvalue weighted by atomic mass is 16.7. The van der Waals surface area contributed by atoms with Gasteiger partial charge in [0.25, 0.3) is 5.91 Å². The van der Waals surface area contributed by atoms with Gasteiger partial charge in [-0.05, 0) is 32.0 Å². The molecule has 8 nitrogen and oxygen atoms in total. The van der Waals surface area contributed by atoms with Crippen LogP contribution in [0.25, 0.3) is 0 Å². The molecule has 1 heterocycles. The molecule has 124 valence electrons. The van der Waals surface area contributed by atoms with E-state index in [9.17, 15) is 14.4 Å². The fourth-order valence-corrected chi connectivity index (χ4v) is 1.92.